The van der Waals surface area contributed by atoms with Crippen molar-refractivity contribution in [2.24, 2.45) is 23.7 Å². The summed E-state index contributed by atoms with van der Waals surface area (Å²) in [5, 5.41) is 30.7. The summed E-state index contributed by atoms with van der Waals surface area (Å²) in [6, 6.07) is 2.02. The number of fused-ring (bicyclic) bond motifs is 1. The molecule has 3 rings (SSSR count). The summed E-state index contributed by atoms with van der Waals surface area (Å²) in [4.78, 5) is 39.5. The third kappa shape index (κ3) is 6.74. The number of nitrogens with zero attached hydrogens (tertiary/aromatic N) is 1. The van der Waals surface area contributed by atoms with Crippen LogP contribution in [0.3, 0.4) is 0 Å². The fraction of sp³-hybridized carbons (Fsp3) is 0.690. The van der Waals surface area contributed by atoms with E-state index in [2.05, 4.69) is 0 Å². The zero-order chi connectivity index (χ0) is 26.4. The highest BCUT2D eigenvalue weighted by molar-refractivity contribution is 6.03. The molecule has 0 aliphatic heterocycles. The lowest BCUT2D eigenvalue weighted by Crippen LogP contribution is -2.33. The first-order valence-corrected chi connectivity index (χ1v) is 13.5. The summed E-state index contributed by atoms with van der Waals surface area (Å²) in [5.41, 5.74) is 3.04. The lowest BCUT2D eigenvalue weighted by atomic mass is 9.73. The Labute approximate surface area is 214 Å². The Morgan fingerprint density at radius 3 is 2.39 bits per heavy atom. The molecule has 3 atom stereocenters. The number of anilines is 1. The van der Waals surface area contributed by atoms with Gasteiger partial charge in [-0.15, -0.1) is 0 Å². The monoisotopic (exact) mass is 501 g/mol. The van der Waals surface area contributed by atoms with Crippen LogP contribution in [0.5, 0.6) is 5.75 Å². The number of hydrogen-bond acceptors (Lipinski definition) is 7. The van der Waals surface area contributed by atoms with Gasteiger partial charge >= 0.3 is 0 Å². The van der Waals surface area contributed by atoms with E-state index in [9.17, 15) is 29.7 Å². The molecule has 200 valence electrons. The average Bonchev–Trinajstić information content (AvgIpc) is 3.32. The molecule has 1 fully saturated rings. The zero-order valence-corrected chi connectivity index (χ0v) is 22.1. The third-order valence-electron chi connectivity index (χ3n) is 8.23. The highest BCUT2D eigenvalue weighted by atomic mass is 16.3. The van der Waals surface area contributed by atoms with Crippen LogP contribution < -0.4 is 4.90 Å². The normalized spacial score (nSPS) is 19.7. The van der Waals surface area contributed by atoms with E-state index in [1.165, 1.54) is 32.6 Å². The highest BCUT2D eigenvalue weighted by Crippen LogP contribution is 2.43. The van der Waals surface area contributed by atoms with Crippen molar-refractivity contribution in [3.8, 4) is 5.75 Å². The van der Waals surface area contributed by atoms with Gasteiger partial charge in [0.1, 0.15) is 17.3 Å². The fourth-order valence-electron chi connectivity index (χ4n) is 6.37. The largest absolute Gasteiger partial charge is 0.507 e. The molecule has 3 N–H and O–H groups in total. The van der Waals surface area contributed by atoms with Gasteiger partial charge in [0, 0.05) is 38.7 Å². The molecule has 0 saturated heterocycles. The van der Waals surface area contributed by atoms with Crippen molar-refractivity contribution in [1.29, 1.82) is 0 Å². The van der Waals surface area contributed by atoms with Gasteiger partial charge in [-0.2, -0.15) is 0 Å². The van der Waals surface area contributed by atoms with Crippen molar-refractivity contribution in [1.82, 2.24) is 0 Å². The van der Waals surface area contributed by atoms with Crippen molar-refractivity contribution in [2.45, 2.75) is 77.6 Å². The number of aryl methyl sites for hydroxylation is 1. The standard InChI is InChI=1S/C29H43NO6/c1-18(33)12-26(34)24(17-32)21(10-11-31)13-20-14-23-25(30(2)3)16-22(9-8-19-6-4-5-7-19)29(36)28(23)27(35)15-20/h16,19-21,24,31-32,36H,4-15,17H2,1-3H3. The van der Waals surface area contributed by atoms with Crippen LogP contribution in [0.1, 0.15) is 86.2 Å². The van der Waals surface area contributed by atoms with Gasteiger partial charge < -0.3 is 20.2 Å². The van der Waals surface area contributed by atoms with Crippen molar-refractivity contribution in [3.63, 3.8) is 0 Å². The molecule has 0 spiro atoms. The minimum absolute atomic E-state index is 0.0804. The maximum atomic E-state index is 13.4. The molecular formula is C29H43NO6. The van der Waals surface area contributed by atoms with Gasteiger partial charge in [0.25, 0.3) is 0 Å². The second kappa shape index (κ2) is 12.8. The molecule has 7 heteroatoms. The molecule has 2 aliphatic rings. The van der Waals surface area contributed by atoms with Crippen LogP contribution in [-0.2, 0) is 22.4 Å². The Bertz CT molecular complexity index is 950. The van der Waals surface area contributed by atoms with E-state index in [0.29, 0.717) is 30.7 Å². The summed E-state index contributed by atoms with van der Waals surface area (Å²) in [6.07, 6.45) is 8.21. The van der Waals surface area contributed by atoms with E-state index in [1.54, 1.807) is 0 Å². The van der Waals surface area contributed by atoms with Crippen LogP contribution in [-0.4, -0.2) is 60.0 Å². The highest BCUT2D eigenvalue weighted by Gasteiger charge is 2.36. The first-order valence-electron chi connectivity index (χ1n) is 13.5. The van der Waals surface area contributed by atoms with E-state index in [0.717, 1.165) is 29.7 Å². The first kappa shape index (κ1) is 28.3. The number of carbonyl (C=O) groups excluding carboxylic acids is 3. The first-order chi connectivity index (χ1) is 17.2. The molecule has 0 amide bonds. The Kier molecular flexibility index (Phi) is 10.1. The van der Waals surface area contributed by atoms with Crippen molar-refractivity contribution in [2.75, 3.05) is 32.2 Å². The number of phenolic OH excluding ortho intramolecular Hbond substituents is 1. The summed E-state index contributed by atoms with van der Waals surface area (Å²) in [5.74, 6) is -0.996. The molecule has 7 nitrogen and oxygen atoms in total. The molecule has 0 heterocycles. The van der Waals surface area contributed by atoms with Gasteiger partial charge in [0.15, 0.2) is 5.78 Å². The van der Waals surface area contributed by atoms with Crippen molar-refractivity contribution >= 4 is 23.0 Å². The topological polar surface area (TPSA) is 115 Å². The summed E-state index contributed by atoms with van der Waals surface area (Å²) in [6.45, 7) is 0.823. The van der Waals surface area contributed by atoms with E-state index in [4.69, 9.17) is 0 Å². The number of hydrogen-bond donors (Lipinski definition) is 3. The molecule has 0 radical (unpaired) electrons. The quantitative estimate of drug-likeness (QED) is 0.352. The number of aliphatic hydroxyl groups excluding tert-OH is 2. The molecule has 1 aromatic carbocycles. The maximum Gasteiger partial charge on any atom is 0.167 e. The Morgan fingerprint density at radius 2 is 1.81 bits per heavy atom. The van der Waals surface area contributed by atoms with Gasteiger partial charge in [-0.1, -0.05) is 25.7 Å². The van der Waals surface area contributed by atoms with E-state index < -0.39 is 5.92 Å². The molecule has 1 saturated carbocycles. The van der Waals surface area contributed by atoms with Crippen LogP contribution in [0.25, 0.3) is 0 Å². The SMILES string of the molecule is CC(=O)CC(=O)C(CO)C(CCO)CC1CC(=O)c2c(O)c(CCC3CCCC3)cc(N(C)C)c2C1. The summed E-state index contributed by atoms with van der Waals surface area (Å²) >= 11 is 0. The Balaban J connectivity index is 1.85. The predicted molar refractivity (Wildman–Crippen MR) is 140 cm³/mol. The predicted octanol–water partition coefficient (Wildman–Crippen LogP) is 3.87. The lowest BCUT2D eigenvalue weighted by Gasteiger charge is -2.33. The van der Waals surface area contributed by atoms with Gasteiger partial charge in [-0.25, -0.2) is 0 Å². The van der Waals surface area contributed by atoms with E-state index >= 15 is 0 Å². The summed E-state index contributed by atoms with van der Waals surface area (Å²) < 4.78 is 0. The number of aromatic hydroxyl groups is 1. The number of ketones is 3. The number of Topliss-reactive ketones (excluding diaryl/α,β-unsaturated/α-hetero) is 3. The smallest absolute Gasteiger partial charge is 0.167 e. The average molecular weight is 502 g/mol. The maximum absolute atomic E-state index is 13.4. The summed E-state index contributed by atoms with van der Waals surface area (Å²) in [7, 11) is 3.89. The molecule has 0 bridgehead atoms. The number of benzene rings is 1. The van der Waals surface area contributed by atoms with E-state index in [-0.39, 0.29) is 61.0 Å². The zero-order valence-electron chi connectivity index (χ0n) is 22.1. The number of phenols is 1. The number of aliphatic hydroxyl groups is 2. The van der Waals surface area contributed by atoms with Gasteiger partial charge in [0.05, 0.1) is 18.6 Å². The van der Waals surface area contributed by atoms with Crippen molar-refractivity contribution < 1.29 is 29.7 Å². The second-order valence-corrected chi connectivity index (χ2v) is 11.2. The molecule has 0 aromatic heterocycles. The van der Waals surface area contributed by atoms with Crippen LogP contribution in [0.15, 0.2) is 6.07 Å². The number of rotatable bonds is 13. The van der Waals surface area contributed by atoms with Crippen LogP contribution in [0.2, 0.25) is 0 Å². The third-order valence-corrected chi connectivity index (χ3v) is 8.23. The second-order valence-electron chi connectivity index (χ2n) is 11.2. The lowest BCUT2D eigenvalue weighted by molar-refractivity contribution is -0.131. The molecule has 3 unspecified atom stereocenters. The minimum atomic E-state index is -0.739. The van der Waals surface area contributed by atoms with Gasteiger partial charge in [0.2, 0.25) is 0 Å². The fourth-order valence-corrected chi connectivity index (χ4v) is 6.37. The minimum Gasteiger partial charge on any atom is -0.507 e. The van der Waals surface area contributed by atoms with E-state index in [1.807, 2.05) is 25.1 Å². The van der Waals surface area contributed by atoms with Crippen LogP contribution in [0.4, 0.5) is 5.69 Å². The Morgan fingerprint density at radius 1 is 1.11 bits per heavy atom. The molecule has 36 heavy (non-hydrogen) atoms. The van der Waals surface area contributed by atoms with Crippen molar-refractivity contribution in [3.05, 3.63) is 22.8 Å². The number of carbonyl (C=O) groups is 3. The molecular weight excluding hydrogens is 458 g/mol. The van der Waals surface area contributed by atoms with Gasteiger partial charge in [-0.3, -0.25) is 14.4 Å². The van der Waals surface area contributed by atoms with Crippen LogP contribution >= 0.6 is 0 Å². The van der Waals surface area contributed by atoms with Crippen LogP contribution in [0, 0.1) is 23.7 Å². The van der Waals surface area contributed by atoms with Gasteiger partial charge in [-0.05, 0) is 74.0 Å². The molecule has 2 aliphatic carbocycles. The molecule has 1 aromatic rings. The Hall–Kier alpha value is -2.25.